The normalized spacial score (nSPS) is 17.6. The van der Waals surface area contributed by atoms with Crippen LogP contribution in [0.1, 0.15) is 50.4 Å². The van der Waals surface area contributed by atoms with E-state index >= 15 is 0 Å². The van der Waals surface area contributed by atoms with Gasteiger partial charge in [0.05, 0.1) is 5.75 Å². The first-order chi connectivity index (χ1) is 13.2. The number of thioether (sulfide) groups is 1. The molecule has 1 saturated carbocycles. The van der Waals surface area contributed by atoms with Gasteiger partial charge in [-0.25, -0.2) is 0 Å². The molecule has 4 rings (SSSR count). The molecule has 1 saturated heterocycles. The number of amides is 1. The van der Waals surface area contributed by atoms with Crippen LogP contribution in [0.15, 0.2) is 29.4 Å². The van der Waals surface area contributed by atoms with Crippen molar-refractivity contribution >= 4 is 29.0 Å². The molecule has 1 N–H and O–H groups in total. The molecule has 6 nitrogen and oxygen atoms in total. The van der Waals surface area contributed by atoms with Gasteiger partial charge in [0, 0.05) is 30.5 Å². The summed E-state index contributed by atoms with van der Waals surface area (Å²) in [5, 5.41) is 12.2. The van der Waals surface area contributed by atoms with Crippen LogP contribution >= 0.6 is 11.8 Å². The van der Waals surface area contributed by atoms with E-state index in [1.54, 1.807) is 0 Å². The number of hydrogen-bond donors (Lipinski definition) is 1. The Labute approximate surface area is 164 Å². The summed E-state index contributed by atoms with van der Waals surface area (Å²) < 4.78 is 2.16. The molecule has 2 fully saturated rings. The van der Waals surface area contributed by atoms with Crippen molar-refractivity contribution in [2.45, 2.75) is 56.6 Å². The lowest BCUT2D eigenvalue weighted by molar-refractivity contribution is -0.113. The molecule has 1 aromatic carbocycles. The summed E-state index contributed by atoms with van der Waals surface area (Å²) in [7, 11) is 0. The standard InChI is InChI=1S/C20H27N5OS/c1-15-22-23-20(25(15)18-10-11-18)27-14-19(26)21-16-6-8-17(9-7-16)24-12-4-2-3-5-13-24/h6-9,18H,2-5,10-14H2,1H3,(H,21,26). The summed E-state index contributed by atoms with van der Waals surface area (Å²) in [4.78, 5) is 14.8. The zero-order valence-electron chi connectivity index (χ0n) is 15.9. The van der Waals surface area contributed by atoms with Gasteiger partial charge in [-0.3, -0.25) is 4.79 Å². The number of nitrogens with zero attached hydrogens (tertiary/aromatic N) is 4. The predicted molar refractivity (Wildman–Crippen MR) is 110 cm³/mol. The van der Waals surface area contributed by atoms with Gasteiger partial charge in [-0.2, -0.15) is 0 Å². The van der Waals surface area contributed by atoms with Crippen molar-refractivity contribution in [3.63, 3.8) is 0 Å². The molecule has 1 aromatic heterocycles. The molecule has 1 aliphatic carbocycles. The van der Waals surface area contributed by atoms with Gasteiger partial charge in [-0.15, -0.1) is 10.2 Å². The van der Waals surface area contributed by atoms with Gasteiger partial charge in [0.1, 0.15) is 5.82 Å². The zero-order chi connectivity index (χ0) is 18.6. The van der Waals surface area contributed by atoms with E-state index < -0.39 is 0 Å². The van der Waals surface area contributed by atoms with E-state index in [1.165, 1.54) is 56.0 Å². The molecule has 2 aliphatic rings. The summed E-state index contributed by atoms with van der Waals surface area (Å²) in [6.07, 6.45) is 7.55. The van der Waals surface area contributed by atoms with Crippen molar-refractivity contribution in [3.05, 3.63) is 30.1 Å². The van der Waals surface area contributed by atoms with E-state index in [2.05, 4.69) is 37.1 Å². The highest BCUT2D eigenvalue weighted by molar-refractivity contribution is 7.99. The van der Waals surface area contributed by atoms with Crippen LogP contribution in [0.3, 0.4) is 0 Å². The van der Waals surface area contributed by atoms with Crippen LogP contribution in [0.4, 0.5) is 11.4 Å². The molecular weight excluding hydrogens is 358 g/mol. The average molecular weight is 386 g/mol. The van der Waals surface area contributed by atoms with Crippen molar-refractivity contribution in [2.75, 3.05) is 29.1 Å². The molecule has 1 aliphatic heterocycles. The average Bonchev–Trinajstić information content (AvgIpc) is 3.48. The van der Waals surface area contributed by atoms with E-state index in [-0.39, 0.29) is 5.91 Å². The molecule has 0 spiro atoms. The van der Waals surface area contributed by atoms with Gasteiger partial charge in [0.15, 0.2) is 5.16 Å². The van der Waals surface area contributed by atoms with Crippen molar-refractivity contribution in [3.8, 4) is 0 Å². The summed E-state index contributed by atoms with van der Waals surface area (Å²) in [6, 6.07) is 8.75. The second-order valence-corrected chi connectivity index (χ2v) is 8.36. The molecule has 0 radical (unpaired) electrons. The van der Waals surface area contributed by atoms with E-state index in [4.69, 9.17) is 0 Å². The second-order valence-electron chi connectivity index (χ2n) is 7.42. The number of carbonyl (C=O) groups is 1. The Balaban J connectivity index is 1.30. The van der Waals surface area contributed by atoms with Crippen LogP contribution < -0.4 is 10.2 Å². The van der Waals surface area contributed by atoms with Gasteiger partial charge in [0.25, 0.3) is 0 Å². The largest absolute Gasteiger partial charge is 0.372 e. The monoisotopic (exact) mass is 385 g/mol. The van der Waals surface area contributed by atoms with Crippen molar-refractivity contribution in [1.29, 1.82) is 0 Å². The van der Waals surface area contributed by atoms with E-state index in [1.807, 2.05) is 19.1 Å². The number of nitrogens with one attached hydrogen (secondary N) is 1. The van der Waals surface area contributed by atoms with E-state index in [0.717, 1.165) is 29.8 Å². The van der Waals surface area contributed by atoms with Crippen LogP contribution in [-0.4, -0.2) is 39.5 Å². The molecule has 144 valence electrons. The third kappa shape index (κ3) is 4.64. The van der Waals surface area contributed by atoms with Crippen LogP contribution in [0.2, 0.25) is 0 Å². The molecule has 7 heteroatoms. The van der Waals surface area contributed by atoms with Crippen LogP contribution in [-0.2, 0) is 4.79 Å². The molecule has 2 aromatic rings. The maximum absolute atomic E-state index is 12.3. The summed E-state index contributed by atoms with van der Waals surface area (Å²) in [6.45, 7) is 4.23. The first-order valence-corrected chi connectivity index (χ1v) is 10.9. The maximum atomic E-state index is 12.3. The van der Waals surface area contributed by atoms with Gasteiger partial charge in [-0.05, 0) is 56.9 Å². The molecular formula is C20H27N5OS. The van der Waals surface area contributed by atoms with Gasteiger partial charge < -0.3 is 14.8 Å². The lowest BCUT2D eigenvalue weighted by Crippen LogP contribution is -2.23. The van der Waals surface area contributed by atoms with Crippen LogP contribution in [0.25, 0.3) is 0 Å². The highest BCUT2D eigenvalue weighted by atomic mass is 32.2. The van der Waals surface area contributed by atoms with Gasteiger partial charge in [-0.1, -0.05) is 24.6 Å². The minimum Gasteiger partial charge on any atom is -0.372 e. The van der Waals surface area contributed by atoms with Crippen LogP contribution in [0, 0.1) is 6.92 Å². The zero-order valence-corrected chi connectivity index (χ0v) is 16.7. The SMILES string of the molecule is Cc1nnc(SCC(=O)Nc2ccc(N3CCCCCC3)cc2)n1C1CC1. The third-order valence-electron chi connectivity index (χ3n) is 5.20. The number of rotatable bonds is 6. The molecule has 1 amide bonds. The number of aromatic nitrogens is 3. The van der Waals surface area contributed by atoms with Crippen molar-refractivity contribution in [1.82, 2.24) is 14.8 Å². The lowest BCUT2D eigenvalue weighted by atomic mass is 10.2. The molecule has 27 heavy (non-hydrogen) atoms. The predicted octanol–water partition coefficient (Wildman–Crippen LogP) is 4.03. The topological polar surface area (TPSA) is 63.1 Å². The first kappa shape index (κ1) is 18.3. The quantitative estimate of drug-likeness (QED) is 0.761. The first-order valence-electron chi connectivity index (χ1n) is 9.90. The number of hydrogen-bond acceptors (Lipinski definition) is 5. The van der Waals surface area contributed by atoms with E-state index in [0.29, 0.717) is 11.8 Å². The highest BCUT2D eigenvalue weighted by Crippen LogP contribution is 2.38. The fourth-order valence-corrected chi connectivity index (χ4v) is 4.46. The minimum atomic E-state index is -0.00878. The van der Waals surface area contributed by atoms with E-state index in [9.17, 15) is 4.79 Å². The summed E-state index contributed by atoms with van der Waals surface area (Å²) in [5.41, 5.74) is 2.09. The van der Waals surface area contributed by atoms with Crippen molar-refractivity contribution < 1.29 is 4.79 Å². The Morgan fingerprint density at radius 1 is 1.11 bits per heavy atom. The third-order valence-corrected chi connectivity index (χ3v) is 6.14. The molecule has 0 bridgehead atoms. The minimum absolute atomic E-state index is 0.00878. The fourth-order valence-electron chi connectivity index (χ4n) is 3.61. The Morgan fingerprint density at radius 2 is 1.81 bits per heavy atom. The van der Waals surface area contributed by atoms with Crippen molar-refractivity contribution in [2.24, 2.45) is 0 Å². The number of aryl methyl sites for hydroxylation is 1. The second kappa shape index (κ2) is 8.33. The fraction of sp³-hybridized carbons (Fsp3) is 0.550. The van der Waals surface area contributed by atoms with Gasteiger partial charge >= 0.3 is 0 Å². The Hall–Kier alpha value is -2.02. The van der Waals surface area contributed by atoms with Gasteiger partial charge in [0.2, 0.25) is 5.91 Å². The Morgan fingerprint density at radius 3 is 2.48 bits per heavy atom. The maximum Gasteiger partial charge on any atom is 0.234 e. The number of carbonyl (C=O) groups excluding carboxylic acids is 1. The number of anilines is 2. The Bertz CT molecular complexity index is 776. The summed E-state index contributed by atoms with van der Waals surface area (Å²) >= 11 is 1.46. The number of benzene rings is 1. The molecule has 0 atom stereocenters. The van der Waals surface area contributed by atoms with Crippen LogP contribution in [0.5, 0.6) is 0 Å². The lowest BCUT2D eigenvalue weighted by Gasteiger charge is -2.22. The Kier molecular flexibility index (Phi) is 5.66. The smallest absolute Gasteiger partial charge is 0.234 e. The summed E-state index contributed by atoms with van der Waals surface area (Å²) in [5.74, 6) is 1.27. The molecule has 0 unspecified atom stereocenters. The highest BCUT2D eigenvalue weighted by Gasteiger charge is 2.28. The molecule has 2 heterocycles.